The molecule has 2 aromatic rings. The Balaban J connectivity index is 1.90. The SMILES string of the molecule is CCOc1cc(N2CC(O)CC2c2ccc(F)cc2)ncn1. The second kappa shape index (κ2) is 6.27. The van der Waals surface area contributed by atoms with Gasteiger partial charge in [0.15, 0.2) is 0 Å². The molecule has 1 N–H and O–H groups in total. The van der Waals surface area contributed by atoms with Crippen LogP contribution in [0.15, 0.2) is 36.7 Å². The maximum Gasteiger partial charge on any atom is 0.218 e. The molecule has 3 rings (SSSR count). The number of aliphatic hydroxyl groups is 1. The lowest BCUT2D eigenvalue weighted by Crippen LogP contribution is -2.25. The zero-order valence-electron chi connectivity index (χ0n) is 12.3. The predicted octanol–water partition coefficient (Wildman–Crippen LogP) is 2.33. The third-order valence-corrected chi connectivity index (χ3v) is 3.75. The number of ether oxygens (including phenoxy) is 1. The summed E-state index contributed by atoms with van der Waals surface area (Å²) in [4.78, 5) is 10.3. The van der Waals surface area contributed by atoms with Gasteiger partial charge in [0, 0.05) is 12.6 Å². The molecule has 6 heteroatoms. The van der Waals surface area contributed by atoms with E-state index in [0.29, 0.717) is 31.3 Å². The van der Waals surface area contributed by atoms with Gasteiger partial charge in [-0.15, -0.1) is 0 Å². The first-order valence-corrected chi connectivity index (χ1v) is 7.32. The van der Waals surface area contributed by atoms with Crippen LogP contribution < -0.4 is 9.64 Å². The molecule has 0 aliphatic carbocycles. The van der Waals surface area contributed by atoms with E-state index in [0.717, 1.165) is 5.56 Å². The molecule has 0 spiro atoms. The van der Waals surface area contributed by atoms with Crippen LogP contribution in [-0.2, 0) is 0 Å². The van der Waals surface area contributed by atoms with Gasteiger partial charge in [0.2, 0.25) is 5.88 Å². The van der Waals surface area contributed by atoms with Crippen LogP contribution in [-0.4, -0.2) is 34.3 Å². The van der Waals surface area contributed by atoms with Gasteiger partial charge in [-0.3, -0.25) is 0 Å². The number of halogens is 1. The van der Waals surface area contributed by atoms with E-state index < -0.39 is 6.10 Å². The van der Waals surface area contributed by atoms with Crippen LogP contribution >= 0.6 is 0 Å². The molecule has 2 heterocycles. The summed E-state index contributed by atoms with van der Waals surface area (Å²) in [6.45, 7) is 2.90. The molecule has 0 radical (unpaired) electrons. The molecule has 22 heavy (non-hydrogen) atoms. The number of rotatable bonds is 4. The van der Waals surface area contributed by atoms with Crippen molar-refractivity contribution in [3.8, 4) is 5.88 Å². The fourth-order valence-electron chi connectivity index (χ4n) is 2.78. The van der Waals surface area contributed by atoms with Gasteiger partial charge in [-0.1, -0.05) is 12.1 Å². The van der Waals surface area contributed by atoms with E-state index in [1.807, 2.05) is 11.8 Å². The Labute approximate surface area is 128 Å². The van der Waals surface area contributed by atoms with E-state index in [-0.39, 0.29) is 11.9 Å². The van der Waals surface area contributed by atoms with E-state index in [4.69, 9.17) is 4.74 Å². The summed E-state index contributed by atoms with van der Waals surface area (Å²) in [5, 5.41) is 10.0. The minimum absolute atomic E-state index is 0.0417. The number of hydrogen-bond acceptors (Lipinski definition) is 5. The highest BCUT2D eigenvalue weighted by molar-refractivity contribution is 5.46. The highest BCUT2D eigenvalue weighted by Gasteiger charge is 2.33. The highest BCUT2D eigenvalue weighted by atomic mass is 19.1. The molecule has 1 aromatic carbocycles. The van der Waals surface area contributed by atoms with E-state index in [1.165, 1.54) is 18.5 Å². The van der Waals surface area contributed by atoms with Crippen LogP contribution in [0.1, 0.15) is 24.9 Å². The van der Waals surface area contributed by atoms with Crippen molar-refractivity contribution in [1.82, 2.24) is 9.97 Å². The summed E-state index contributed by atoms with van der Waals surface area (Å²) in [5.74, 6) is 0.936. The quantitative estimate of drug-likeness (QED) is 0.939. The largest absolute Gasteiger partial charge is 0.478 e. The molecule has 1 fully saturated rings. The first-order chi connectivity index (χ1) is 10.7. The topological polar surface area (TPSA) is 58.5 Å². The van der Waals surface area contributed by atoms with E-state index in [2.05, 4.69) is 9.97 Å². The van der Waals surface area contributed by atoms with Crippen LogP contribution in [0.2, 0.25) is 0 Å². The molecule has 0 amide bonds. The Morgan fingerprint density at radius 1 is 1.32 bits per heavy atom. The van der Waals surface area contributed by atoms with Crippen LogP contribution in [0, 0.1) is 5.82 Å². The predicted molar refractivity (Wildman–Crippen MR) is 80.3 cm³/mol. The van der Waals surface area contributed by atoms with Gasteiger partial charge in [0.05, 0.1) is 18.8 Å². The van der Waals surface area contributed by atoms with Crippen molar-refractivity contribution < 1.29 is 14.2 Å². The van der Waals surface area contributed by atoms with E-state index in [1.54, 1.807) is 18.2 Å². The summed E-state index contributed by atoms with van der Waals surface area (Å²) >= 11 is 0. The van der Waals surface area contributed by atoms with Crippen molar-refractivity contribution in [1.29, 1.82) is 0 Å². The van der Waals surface area contributed by atoms with Gasteiger partial charge in [-0.2, -0.15) is 0 Å². The number of anilines is 1. The summed E-state index contributed by atoms with van der Waals surface area (Å²) < 4.78 is 18.5. The first kappa shape index (κ1) is 14.7. The molecule has 116 valence electrons. The fourth-order valence-corrected chi connectivity index (χ4v) is 2.78. The van der Waals surface area contributed by atoms with Crippen molar-refractivity contribution in [2.75, 3.05) is 18.1 Å². The van der Waals surface area contributed by atoms with Crippen molar-refractivity contribution in [3.05, 3.63) is 48.0 Å². The summed E-state index contributed by atoms with van der Waals surface area (Å²) in [6, 6.07) is 8.08. The molecule has 5 nitrogen and oxygen atoms in total. The zero-order chi connectivity index (χ0) is 15.5. The number of benzene rings is 1. The molecule has 2 unspecified atom stereocenters. The summed E-state index contributed by atoms with van der Waals surface area (Å²) in [7, 11) is 0. The number of β-amino-alcohol motifs (C(OH)–C–C–N with tert-alkyl or cyclic N) is 1. The van der Waals surface area contributed by atoms with Crippen LogP contribution in [0.4, 0.5) is 10.2 Å². The van der Waals surface area contributed by atoms with Gasteiger partial charge < -0.3 is 14.7 Å². The molecule has 1 saturated heterocycles. The monoisotopic (exact) mass is 303 g/mol. The molecule has 0 bridgehead atoms. The van der Waals surface area contributed by atoms with Gasteiger partial charge in [-0.05, 0) is 31.0 Å². The van der Waals surface area contributed by atoms with Crippen LogP contribution in [0.25, 0.3) is 0 Å². The number of hydrogen-bond donors (Lipinski definition) is 1. The van der Waals surface area contributed by atoms with Gasteiger partial charge in [0.1, 0.15) is 18.0 Å². The lowest BCUT2D eigenvalue weighted by Gasteiger charge is -2.25. The van der Waals surface area contributed by atoms with Crippen LogP contribution in [0.3, 0.4) is 0 Å². The lowest BCUT2D eigenvalue weighted by atomic mass is 10.0. The molecule has 1 aliphatic heterocycles. The number of nitrogens with zero attached hydrogens (tertiary/aromatic N) is 3. The average molecular weight is 303 g/mol. The normalized spacial score (nSPS) is 21.1. The van der Waals surface area contributed by atoms with Crippen molar-refractivity contribution in [3.63, 3.8) is 0 Å². The van der Waals surface area contributed by atoms with E-state index in [9.17, 15) is 9.50 Å². The average Bonchev–Trinajstić information content (AvgIpc) is 2.91. The molecular formula is C16H18FN3O2. The molecule has 1 aromatic heterocycles. The Bertz CT molecular complexity index is 636. The van der Waals surface area contributed by atoms with Crippen molar-refractivity contribution in [2.24, 2.45) is 0 Å². The minimum atomic E-state index is -0.444. The fraction of sp³-hybridized carbons (Fsp3) is 0.375. The Morgan fingerprint density at radius 2 is 2.09 bits per heavy atom. The molecule has 1 aliphatic rings. The zero-order valence-corrected chi connectivity index (χ0v) is 12.3. The molecule has 0 saturated carbocycles. The highest BCUT2D eigenvalue weighted by Crippen LogP contribution is 2.36. The molecular weight excluding hydrogens is 285 g/mol. The third-order valence-electron chi connectivity index (χ3n) is 3.75. The Morgan fingerprint density at radius 3 is 2.82 bits per heavy atom. The van der Waals surface area contributed by atoms with Crippen molar-refractivity contribution >= 4 is 5.82 Å². The first-order valence-electron chi connectivity index (χ1n) is 7.32. The Kier molecular flexibility index (Phi) is 4.20. The minimum Gasteiger partial charge on any atom is -0.478 e. The van der Waals surface area contributed by atoms with Crippen molar-refractivity contribution in [2.45, 2.75) is 25.5 Å². The maximum absolute atomic E-state index is 13.1. The molecule has 2 atom stereocenters. The van der Waals surface area contributed by atoms with Gasteiger partial charge in [0.25, 0.3) is 0 Å². The maximum atomic E-state index is 13.1. The third kappa shape index (κ3) is 3.01. The smallest absolute Gasteiger partial charge is 0.218 e. The number of aromatic nitrogens is 2. The number of aliphatic hydroxyl groups excluding tert-OH is 1. The van der Waals surface area contributed by atoms with E-state index >= 15 is 0 Å². The Hall–Kier alpha value is -2.21. The summed E-state index contributed by atoms with van der Waals surface area (Å²) in [6.07, 6.45) is 1.59. The second-order valence-corrected chi connectivity index (χ2v) is 5.26. The standard InChI is InChI=1S/C16H18FN3O2/c1-2-22-16-8-15(18-10-19-16)20-9-13(21)7-14(20)11-3-5-12(17)6-4-11/h3-6,8,10,13-14,21H,2,7,9H2,1H3. The van der Waals surface area contributed by atoms with Gasteiger partial charge in [-0.25, -0.2) is 14.4 Å². The lowest BCUT2D eigenvalue weighted by molar-refractivity contribution is 0.194. The summed E-state index contributed by atoms with van der Waals surface area (Å²) in [5.41, 5.74) is 0.953. The van der Waals surface area contributed by atoms with Crippen LogP contribution in [0.5, 0.6) is 5.88 Å². The second-order valence-electron chi connectivity index (χ2n) is 5.26. The van der Waals surface area contributed by atoms with Gasteiger partial charge >= 0.3 is 0 Å².